The molecule has 25 heavy (non-hydrogen) atoms. The molecule has 3 rings (SSSR count). The Morgan fingerprint density at radius 2 is 1.92 bits per heavy atom. The Bertz CT molecular complexity index is 1010. The Morgan fingerprint density at radius 1 is 1.16 bits per heavy atom. The molecule has 0 aliphatic heterocycles. The number of carbonyl (C=O) groups is 1. The summed E-state index contributed by atoms with van der Waals surface area (Å²) in [5.74, 6) is -0.0749. The van der Waals surface area contributed by atoms with Gasteiger partial charge in [0.2, 0.25) is 0 Å². The van der Waals surface area contributed by atoms with Crippen molar-refractivity contribution in [3.8, 4) is 5.75 Å². The van der Waals surface area contributed by atoms with Gasteiger partial charge in [0.1, 0.15) is 11.3 Å². The summed E-state index contributed by atoms with van der Waals surface area (Å²) in [5, 5.41) is 6.29. The van der Waals surface area contributed by atoms with E-state index >= 15 is 0 Å². The molecule has 2 aromatic carbocycles. The molecule has 128 valence electrons. The van der Waals surface area contributed by atoms with Crippen LogP contribution in [-0.4, -0.2) is 20.1 Å². The van der Waals surface area contributed by atoms with Crippen LogP contribution < -0.4 is 21.0 Å². The summed E-state index contributed by atoms with van der Waals surface area (Å²) in [7, 11) is 3.15. The standard InChI is InChI=1S/C18H15BrN2O4/c1-20-15-11-5-3-4-6-14(11)25-18(23)16(15)21-17(22)12-9-10(19)7-8-13(12)24-2/h3-9,20H,1-2H3,(H,21,22). The summed E-state index contributed by atoms with van der Waals surface area (Å²) in [6.07, 6.45) is 0. The molecular weight excluding hydrogens is 388 g/mol. The molecule has 0 radical (unpaired) electrons. The second-order valence-corrected chi connectivity index (χ2v) is 6.10. The number of para-hydroxylation sites is 1. The Balaban J connectivity index is 2.09. The van der Waals surface area contributed by atoms with Gasteiger partial charge in [0, 0.05) is 16.9 Å². The first-order valence-corrected chi connectivity index (χ1v) is 8.23. The summed E-state index contributed by atoms with van der Waals surface area (Å²) in [5.41, 5.74) is 0.647. The van der Waals surface area contributed by atoms with Crippen LogP contribution in [0.4, 0.5) is 11.4 Å². The molecule has 1 aromatic heterocycles. The highest BCUT2D eigenvalue weighted by atomic mass is 79.9. The average Bonchev–Trinajstić information content (AvgIpc) is 2.62. The molecule has 2 N–H and O–H groups in total. The Hall–Kier alpha value is -2.80. The van der Waals surface area contributed by atoms with Crippen LogP contribution in [0.1, 0.15) is 10.4 Å². The summed E-state index contributed by atoms with van der Waals surface area (Å²) in [6, 6.07) is 12.1. The SMILES string of the molecule is CNc1c(NC(=O)c2cc(Br)ccc2OC)c(=O)oc2ccccc12. The number of hydrogen-bond donors (Lipinski definition) is 2. The predicted molar refractivity (Wildman–Crippen MR) is 101 cm³/mol. The molecule has 0 atom stereocenters. The monoisotopic (exact) mass is 402 g/mol. The molecule has 0 saturated heterocycles. The summed E-state index contributed by atoms with van der Waals surface area (Å²) in [4.78, 5) is 25.0. The molecule has 3 aromatic rings. The number of rotatable bonds is 4. The number of anilines is 2. The maximum atomic E-state index is 12.7. The van der Waals surface area contributed by atoms with Gasteiger partial charge in [-0.2, -0.15) is 0 Å². The first-order valence-electron chi connectivity index (χ1n) is 7.43. The molecule has 0 aliphatic rings. The van der Waals surface area contributed by atoms with E-state index in [1.54, 1.807) is 43.4 Å². The van der Waals surface area contributed by atoms with Crippen LogP contribution in [0.3, 0.4) is 0 Å². The van der Waals surface area contributed by atoms with Crippen molar-refractivity contribution in [2.75, 3.05) is 24.8 Å². The normalized spacial score (nSPS) is 10.5. The molecule has 0 saturated carbocycles. The van der Waals surface area contributed by atoms with E-state index in [9.17, 15) is 9.59 Å². The Labute approximate surface area is 151 Å². The van der Waals surface area contributed by atoms with Gasteiger partial charge in [0.15, 0.2) is 5.69 Å². The first-order chi connectivity index (χ1) is 12.0. The van der Waals surface area contributed by atoms with Crippen molar-refractivity contribution < 1.29 is 13.9 Å². The topological polar surface area (TPSA) is 80.6 Å². The van der Waals surface area contributed by atoms with Crippen LogP contribution in [0.5, 0.6) is 5.75 Å². The van der Waals surface area contributed by atoms with Crippen LogP contribution in [0.2, 0.25) is 0 Å². The van der Waals surface area contributed by atoms with Crippen molar-refractivity contribution in [2.45, 2.75) is 0 Å². The van der Waals surface area contributed by atoms with Crippen molar-refractivity contribution in [1.29, 1.82) is 0 Å². The smallest absolute Gasteiger partial charge is 0.362 e. The molecule has 0 unspecified atom stereocenters. The van der Waals surface area contributed by atoms with E-state index in [2.05, 4.69) is 26.6 Å². The maximum absolute atomic E-state index is 12.7. The predicted octanol–water partition coefficient (Wildman–Crippen LogP) is 3.86. The minimum Gasteiger partial charge on any atom is -0.496 e. The summed E-state index contributed by atoms with van der Waals surface area (Å²) < 4.78 is 11.2. The number of amides is 1. The average molecular weight is 403 g/mol. The van der Waals surface area contributed by atoms with Gasteiger partial charge in [0.05, 0.1) is 18.4 Å². The fourth-order valence-electron chi connectivity index (χ4n) is 2.56. The summed E-state index contributed by atoms with van der Waals surface area (Å²) >= 11 is 3.33. The van der Waals surface area contributed by atoms with E-state index in [1.807, 2.05) is 6.07 Å². The van der Waals surface area contributed by atoms with E-state index in [1.165, 1.54) is 7.11 Å². The van der Waals surface area contributed by atoms with Crippen molar-refractivity contribution in [3.05, 3.63) is 62.9 Å². The number of methoxy groups -OCH3 is 1. The Kier molecular flexibility index (Phi) is 4.76. The number of fused-ring (bicyclic) bond motifs is 1. The third kappa shape index (κ3) is 3.23. The van der Waals surface area contributed by atoms with E-state index in [4.69, 9.17) is 9.15 Å². The highest BCUT2D eigenvalue weighted by Gasteiger charge is 2.19. The van der Waals surface area contributed by atoms with Crippen molar-refractivity contribution in [2.24, 2.45) is 0 Å². The van der Waals surface area contributed by atoms with E-state index in [-0.39, 0.29) is 5.69 Å². The molecule has 1 heterocycles. The zero-order valence-electron chi connectivity index (χ0n) is 13.6. The van der Waals surface area contributed by atoms with Crippen LogP contribution >= 0.6 is 15.9 Å². The maximum Gasteiger partial charge on any atom is 0.362 e. The molecule has 1 amide bonds. The lowest BCUT2D eigenvalue weighted by Gasteiger charge is -2.13. The molecule has 0 aliphatic carbocycles. The first kappa shape index (κ1) is 17.0. The van der Waals surface area contributed by atoms with Gasteiger partial charge in [-0.15, -0.1) is 0 Å². The highest BCUT2D eigenvalue weighted by molar-refractivity contribution is 9.10. The molecule has 7 heteroatoms. The van der Waals surface area contributed by atoms with E-state index < -0.39 is 11.5 Å². The lowest BCUT2D eigenvalue weighted by Crippen LogP contribution is -2.20. The fraction of sp³-hybridized carbons (Fsp3) is 0.111. The van der Waals surface area contributed by atoms with Crippen LogP contribution in [-0.2, 0) is 0 Å². The van der Waals surface area contributed by atoms with Gasteiger partial charge in [-0.1, -0.05) is 28.1 Å². The second-order valence-electron chi connectivity index (χ2n) is 5.18. The fourth-order valence-corrected chi connectivity index (χ4v) is 2.92. The second kappa shape index (κ2) is 6.98. The molecule has 0 spiro atoms. The van der Waals surface area contributed by atoms with E-state index in [0.717, 1.165) is 4.47 Å². The van der Waals surface area contributed by atoms with Crippen LogP contribution in [0.25, 0.3) is 11.0 Å². The molecule has 0 fully saturated rings. The lowest BCUT2D eigenvalue weighted by molar-refractivity contribution is 0.102. The molecular formula is C18H15BrN2O4. The van der Waals surface area contributed by atoms with Crippen molar-refractivity contribution in [3.63, 3.8) is 0 Å². The zero-order chi connectivity index (χ0) is 18.0. The minimum atomic E-state index is -0.634. The van der Waals surface area contributed by atoms with Gasteiger partial charge in [-0.25, -0.2) is 4.79 Å². The summed E-state index contributed by atoms with van der Waals surface area (Å²) in [6.45, 7) is 0. The quantitative estimate of drug-likeness (QED) is 0.647. The highest BCUT2D eigenvalue weighted by Crippen LogP contribution is 2.29. The number of carbonyl (C=O) groups excluding carboxylic acids is 1. The minimum absolute atomic E-state index is 0.0493. The van der Waals surface area contributed by atoms with Gasteiger partial charge >= 0.3 is 5.63 Å². The third-order valence-electron chi connectivity index (χ3n) is 3.71. The van der Waals surface area contributed by atoms with Gasteiger partial charge < -0.3 is 19.8 Å². The van der Waals surface area contributed by atoms with Gasteiger partial charge in [0.25, 0.3) is 5.91 Å². The van der Waals surface area contributed by atoms with Gasteiger partial charge in [-0.05, 0) is 30.3 Å². The molecule has 6 nitrogen and oxygen atoms in total. The van der Waals surface area contributed by atoms with Crippen molar-refractivity contribution >= 4 is 44.2 Å². The lowest BCUT2D eigenvalue weighted by atomic mass is 10.1. The van der Waals surface area contributed by atoms with Crippen LogP contribution in [0.15, 0.2) is 56.1 Å². The number of hydrogen-bond acceptors (Lipinski definition) is 5. The third-order valence-corrected chi connectivity index (χ3v) is 4.20. The number of benzene rings is 2. The zero-order valence-corrected chi connectivity index (χ0v) is 15.1. The largest absolute Gasteiger partial charge is 0.496 e. The van der Waals surface area contributed by atoms with E-state index in [0.29, 0.717) is 28.0 Å². The van der Waals surface area contributed by atoms with Crippen LogP contribution in [0, 0.1) is 0 Å². The Morgan fingerprint density at radius 3 is 2.64 bits per heavy atom. The number of nitrogens with one attached hydrogen (secondary N) is 2. The van der Waals surface area contributed by atoms with Gasteiger partial charge in [-0.3, -0.25) is 4.79 Å². The number of ether oxygens (including phenoxy) is 1. The number of halogens is 1. The van der Waals surface area contributed by atoms with Crippen molar-refractivity contribution in [1.82, 2.24) is 0 Å². The molecule has 0 bridgehead atoms.